The fourth-order valence-electron chi connectivity index (χ4n) is 1.82. The summed E-state index contributed by atoms with van der Waals surface area (Å²) in [6, 6.07) is 13.2. The lowest BCUT2D eigenvalue weighted by Gasteiger charge is -2.07. The molecule has 0 saturated heterocycles. The first kappa shape index (κ1) is 20.9. The van der Waals surface area contributed by atoms with Crippen molar-refractivity contribution in [2.75, 3.05) is 13.6 Å². The summed E-state index contributed by atoms with van der Waals surface area (Å²) in [5.74, 6) is -1.49. The van der Waals surface area contributed by atoms with Crippen molar-refractivity contribution in [3.05, 3.63) is 70.8 Å². The summed E-state index contributed by atoms with van der Waals surface area (Å²) in [6.07, 6.45) is -1.18. The number of hydrogen-bond donors (Lipinski definition) is 0. The van der Waals surface area contributed by atoms with Crippen LogP contribution in [0.4, 0.5) is 4.79 Å². The molecule has 148 valence electrons. The molecule has 0 unspecified atom stereocenters. The summed E-state index contributed by atoms with van der Waals surface area (Å²) in [6.45, 7) is 2.36. The molecule has 9 nitrogen and oxygen atoms in total. The van der Waals surface area contributed by atoms with Crippen LogP contribution < -0.4 is 0 Å². The lowest BCUT2D eigenvalue weighted by atomic mass is 10.2. The summed E-state index contributed by atoms with van der Waals surface area (Å²) < 4.78 is 8.94. The van der Waals surface area contributed by atoms with E-state index >= 15 is 0 Å². The molecule has 2 aromatic carbocycles. The van der Waals surface area contributed by atoms with E-state index in [1.54, 1.807) is 48.5 Å². The summed E-state index contributed by atoms with van der Waals surface area (Å²) in [5.41, 5.74) is 2.51. The Morgan fingerprint density at radius 1 is 0.643 bits per heavy atom. The predicted molar refractivity (Wildman–Crippen MR) is 92.7 cm³/mol. The van der Waals surface area contributed by atoms with Crippen molar-refractivity contribution < 1.29 is 43.4 Å². The molecule has 9 heteroatoms. The van der Waals surface area contributed by atoms with Crippen LogP contribution in [0.2, 0.25) is 0 Å². The van der Waals surface area contributed by atoms with Crippen LogP contribution in [-0.4, -0.2) is 31.7 Å². The first-order valence-corrected chi connectivity index (χ1v) is 8.06. The van der Waals surface area contributed by atoms with Crippen LogP contribution in [0, 0.1) is 13.8 Å². The van der Waals surface area contributed by atoms with Gasteiger partial charge in [-0.1, -0.05) is 35.4 Å². The minimum atomic E-state index is -1.18. The Balaban J connectivity index is 1.55. The molecule has 0 heterocycles. The SMILES string of the molecule is Cc1ccc(C(=O)OOCOC(=O)OCOOC(=O)c2ccc(C)cc2)cc1. The fourth-order valence-corrected chi connectivity index (χ4v) is 1.82. The Labute approximate surface area is 160 Å². The highest BCUT2D eigenvalue weighted by molar-refractivity contribution is 5.89. The van der Waals surface area contributed by atoms with Crippen LogP contribution >= 0.6 is 0 Å². The molecular weight excluding hydrogens is 372 g/mol. The zero-order valence-electron chi connectivity index (χ0n) is 15.2. The smallest absolute Gasteiger partial charge is 0.403 e. The number of rotatable bonds is 8. The third-order valence-corrected chi connectivity index (χ3v) is 3.29. The van der Waals surface area contributed by atoms with E-state index in [4.69, 9.17) is 0 Å². The highest BCUT2D eigenvalue weighted by Gasteiger charge is 2.11. The minimum Gasteiger partial charge on any atom is -0.403 e. The van der Waals surface area contributed by atoms with Crippen molar-refractivity contribution in [3.8, 4) is 0 Å². The molecule has 0 N–H and O–H groups in total. The van der Waals surface area contributed by atoms with E-state index in [0.717, 1.165) is 11.1 Å². The van der Waals surface area contributed by atoms with Crippen LogP contribution in [0.5, 0.6) is 0 Å². The fraction of sp³-hybridized carbons (Fsp3) is 0.211. The number of carbonyl (C=O) groups excluding carboxylic acids is 3. The Morgan fingerprint density at radius 3 is 1.36 bits per heavy atom. The van der Waals surface area contributed by atoms with Gasteiger partial charge in [0, 0.05) is 0 Å². The van der Waals surface area contributed by atoms with E-state index in [1.807, 2.05) is 13.8 Å². The van der Waals surface area contributed by atoms with E-state index in [9.17, 15) is 14.4 Å². The summed E-state index contributed by atoms with van der Waals surface area (Å²) in [5, 5.41) is 0. The topological polar surface area (TPSA) is 107 Å². The second-order valence-electron chi connectivity index (χ2n) is 5.48. The molecule has 2 rings (SSSR count). The maximum absolute atomic E-state index is 11.6. The van der Waals surface area contributed by atoms with Crippen LogP contribution in [0.3, 0.4) is 0 Å². The van der Waals surface area contributed by atoms with Gasteiger partial charge in [-0.15, -0.1) is 9.78 Å². The van der Waals surface area contributed by atoms with Gasteiger partial charge in [0.1, 0.15) is 0 Å². The van der Waals surface area contributed by atoms with Crippen LogP contribution in [0.25, 0.3) is 0 Å². The molecule has 0 aliphatic heterocycles. The third-order valence-electron chi connectivity index (χ3n) is 3.29. The Bertz CT molecular complexity index is 730. The van der Waals surface area contributed by atoms with Gasteiger partial charge in [-0.3, -0.25) is 9.78 Å². The van der Waals surface area contributed by atoms with Crippen molar-refractivity contribution in [2.45, 2.75) is 13.8 Å². The van der Waals surface area contributed by atoms with Crippen LogP contribution in [0.1, 0.15) is 31.8 Å². The van der Waals surface area contributed by atoms with E-state index in [1.165, 1.54) is 0 Å². The first-order chi connectivity index (χ1) is 13.5. The van der Waals surface area contributed by atoms with Crippen molar-refractivity contribution >= 4 is 18.1 Å². The maximum atomic E-state index is 11.6. The predicted octanol–water partition coefficient (Wildman–Crippen LogP) is 3.25. The van der Waals surface area contributed by atoms with Crippen molar-refractivity contribution in [1.29, 1.82) is 0 Å². The van der Waals surface area contributed by atoms with Gasteiger partial charge in [0.15, 0.2) is 0 Å². The van der Waals surface area contributed by atoms with Gasteiger partial charge in [0.2, 0.25) is 13.6 Å². The quantitative estimate of drug-likeness (QED) is 0.221. The number of carbonyl (C=O) groups is 3. The van der Waals surface area contributed by atoms with Gasteiger partial charge in [-0.25, -0.2) is 14.4 Å². The zero-order chi connectivity index (χ0) is 20.4. The zero-order valence-corrected chi connectivity index (χ0v) is 15.2. The Kier molecular flexibility index (Phi) is 7.94. The van der Waals surface area contributed by atoms with E-state index in [2.05, 4.69) is 29.0 Å². The van der Waals surface area contributed by atoms with Gasteiger partial charge in [-0.2, -0.15) is 0 Å². The maximum Gasteiger partial charge on any atom is 0.512 e. The van der Waals surface area contributed by atoms with E-state index in [-0.39, 0.29) is 11.1 Å². The number of hydrogen-bond acceptors (Lipinski definition) is 9. The number of ether oxygens (including phenoxy) is 2. The summed E-state index contributed by atoms with van der Waals surface area (Å²) >= 11 is 0. The number of benzene rings is 2. The molecule has 0 saturated carbocycles. The van der Waals surface area contributed by atoms with Crippen molar-refractivity contribution in [3.63, 3.8) is 0 Å². The molecule has 0 aliphatic carbocycles. The van der Waals surface area contributed by atoms with Gasteiger partial charge >= 0.3 is 18.1 Å². The molecule has 0 bridgehead atoms. The summed E-state index contributed by atoms with van der Waals surface area (Å²) in [7, 11) is 0. The largest absolute Gasteiger partial charge is 0.512 e. The minimum absolute atomic E-state index is 0.275. The lowest BCUT2D eigenvalue weighted by Crippen LogP contribution is -2.15. The molecule has 28 heavy (non-hydrogen) atoms. The Morgan fingerprint density at radius 2 is 1.00 bits per heavy atom. The molecule has 0 aromatic heterocycles. The molecule has 0 radical (unpaired) electrons. The second kappa shape index (κ2) is 10.7. The van der Waals surface area contributed by atoms with Gasteiger partial charge in [0.25, 0.3) is 0 Å². The molecule has 0 fully saturated rings. The lowest BCUT2D eigenvalue weighted by molar-refractivity contribution is -0.297. The Hall–Kier alpha value is -3.43. The normalized spacial score (nSPS) is 10.1. The first-order valence-electron chi connectivity index (χ1n) is 8.06. The van der Waals surface area contributed by atoms with Crippen LogP contribution in [0.15, 0.2) is 48.5 Å². The van der Waals surface area contributed by atoms with E-state index < -0.39 is 31.7 Å². The molecule has 0 aliphatic rings. The molecule has 0 spiro atoms. The molecule has 2 aromatic rings. The average Bonchev–Trinajstić information content (AvgIpc) is 2.69. The van der Waals surface area contributed by atoms with Crippen LogP contribution in [-0.2, 0) is 29.0 Å². The highest BCUT2D eigenvalue weighted by Crippen LogP contribution is 2.06. The van der Waals surface area contributed by atoms with Crippen molar-refractivity contribution in [1.82, 2.24) is 0 Å². The standard InChI is InChI=1S/C19H18O9/c1-13-3-7-15(8-4-13)17(20)27-25-11-23-19(22)24-12-26-28-18(21)16-9-5-14(2)6-10-16/h3-10H,11-12H2,1-2H3. The molecular formula is C19H18O9. The second-order valence-corrected chi connectivity index (χ2v) is 5.48. The highest BCUT2D eigenvalue weighted by atomic mass is 17.2. The van der Waals surface area contributed by atoms with E-state index in [0.29, 0.717) is 0 Å². The van der Waals surface area contributed by atoms with Crippen molar-refractivity contribution in [2.24, 2.45) is 0 Å². The molecule has 0 amide bonds. The average molecular weight is 390 g/mol. The monoisotopic (exact) mass is 390 g/mol. The van der Waals surface area contributed by atoms with Gasteiger partial charge in [-0.05, 0) is 38.1 Å². The number of aryl methyl sites for hydroxylation is 2. The third kappa shape index (κ3) is 7.06. The van der Waals surface area contributed by atoms with Gasteiger partial charge < -0.3 is 9.47 Å². The van der Waals surface area contributed by atoms with Gasteiger partial charge in [0.05, 0.1) is 11.1 Å². The molecule has 0 atom stereocenters. The summed E-state index contributed by atoms with van der Waals surface area (Å²) in [4.78, 5) is 52.4.